The summed E-state index contributed by atoms with van der Waals surface area (Å²) in [5, 5.41) is 0. The Morgan fingerprint density at radius 2 is 1.47 bits per heavy atom. The van der Waals surface area contributed by atoms with E-state index >= 15 is 0 Å². The van der Waals surface area contributed by atoms with Crippen molar-refractivity contribution in [3.8, 4) is 0 Å². The molecule has 0 saturated carbocycles. The molecule has 0 spiro atoms. The Morgan fingerprint density at radius 1 is 0.875 bits per heavy atom. The third kappa shape index (κ3) is 6.37. The highest BCUT2D eigenvalue weighted by atomic mass is 19.4. The maximum absolute atomic E-state index is 13.3. The van der Waals surface area contributed by atoms with Crippen LogP contribution < -0.4 is 0 Å². The minimum absolute atomic E-state index is 0.0144. The van der Waals surface area contributed by atoms with E-state index in [0.717, 1.165) is 31.4 Å². The summed E-state index contributed by atoms with van der Waals surface area (Å²) in [6.07, 6.45) is -4.65. The molecule has 2 atom stereocenters. The first-order valence-electron chi connectivity index (χ1n) is 10.6. The molecule has 0 heterocycles. The molecule has 0 aliphatic heterocycles. The van der Waals surface area contributed by atoms with E-state index < -0.39 is 23.5 Å². The summed E-state index contributed by atoms with van der Waals surface area (Å²) < 4.78 is 80.0. The van der Waals surface area contributed by atoms with Crippen molar-refractivity contribution in [2.75, 3.05) is 20.6 Å². The number of aryl methyl sites for hydroxylation is 1. The summed E-state index contributed by atoms with van der Waals surface area (Å²) in [6.45, 7) is 0.561. The molecule has 0 N–H and O–H groups in total. The van der Waals surface area contributed by atoms with E-state index in [0.29, 0.717) is 24.5 Å². The van der Waals surface area contributed by atoms with Gasteiger partial charge in [0.25, 0.3) is 0 Å². The van der Waals surface area contributed by atoms with Crippen molar-refractivity contribution in [3.63, 3.8) is 0 Å². The summed E-state index contributed by atoms with van der Waals surface area (Å²) in [6, 6.07) is 11.9. The maximum Gasteiger partial charge on any atom is 0.416 e. The lowest BCUT2D eigenvalue weighted by atomic mass is 9.76. The van der Waals surface area contributed by atoms with E-state index in [1.54, 1.807) is 0 Å². The first kappa shape index (κ1) is 24.4. The van der Waals surface area contributed by atoms with Gasteiger partial charge in [0.15, 0.2) is 0 Å². The molecule has 174 valence electrons. The standard InChI is InChI=1S/C25H27F6N/c1-32(2)16-20-12-18(9-8-17-6-4-3-5-7-17)10-11-23(20)19-13-21(24(26,27)28)15-22(14-19)25(29,30)31/h3-7,11,13-15,18,20H,8-10,12,16H2,1-2H3. The molecular weight excluding hydrogens is 428 g/mol. The molecule has 2 unspecified atom stereocenters. The molecule has 0 bridgehead atoms. The van der Waals surface area contributed by atoms with Gasteiger partial charge >= 0.3 is 12.4 Å². The van der Waals surface area contributed by atoms with Gasteiger partial charge in [0.05, 0.1) is 11.1 Å². The molecule has 7 heteroatoms. The van der Waals surface area contributed by atoms with Crippen LogP contribution in [0, 0.1) is 11.8 Å². The molecule has 0 saturated heterocycles. The van der Waals surface area contributed by atoms with Crippen molar-refractivity contribution in [2.24, 2.45) is 11.8 Å². The second-order valence-corrected chi connectivity index (χ2v) is 8.77. The molecule has 0 amide bonds. The van der Waals surface area contributed by atoms with Gasteiger partial charge < -0.3 is 4.90 Å². The topological polar surface area (TPSA) is 3.24 Å². The fourth-order valence-electron chi connectivity index (χ4n) is 4.43. The van der Waals surface area contributed by atoms with E-state index in [1.165, 1.54) is 5.56 Å². The van der Waals surface area contributed by atoms with Gasteiger partial charge in [-0.1, -0.05) is 36.4 Å². The Morgan fingerprint density at radius 3 is 2.00 bits per heavy atom. The second kappa shape index (κ2) is 9.69. The van der Waals surface area contributed by atoms with Crippen LogP contribution in [0.3, 0.4) is 0 Å². The van der Waals surface area contributed by atoms with E-state index in [-0.39, 0.29) is 17.5 Å². The number of rotatable bonds is 6. The normalized spacial score (nSPS) is 19.8. The molecule has 2 aromatic rings. The first-order valence-corrected chi connectivity index (χ1v) is 10.6. The van der Waals surface area contributed by atoms with Crippen molar-refractivity contribution in [3.05, 3.63) is 76.9 Å². The quantitative estimate of drug-likeness (QED) is 0.412. The number of alkyl halides is 6. The lowest BCUT2D eigenvalue weighted by Gasteiger charge is -2.33. The zero-order valence-corrected chi connectivity index (χ0v) is 18.1. The first-order chi connectivity index (χ1) is 14.9. The maximum atomic E-state index is 13.3. The Kier molecular flexibility index (Phi) is 7.38. The van der Waals surface area contributed by atoms with Gasteiger partial charge in [-0.2, -0.15) is 26.3 Å². The Bertz CT molecular complexity index is 895. The van der Waals surface area contributed by atoms with Gasteiger partial charge in [-0.25, -0.2) is 0 Å². The molecule has 0 aromatic heterocycles. The minimum Gasteiger partial charge on any atom is -0.309 e. The highest BCUT2D eigenvalue weighted by Gasteiger charge is 2.38. The van der Waals surface area contributed by atoms with Crippen LogP contribution in [-0.2, 0) is 18.8 Å². The molecule has 0 fully saturated rings. The molecule has 1 aliphatic carbocycles. The predicted octanol–water partition coefficient (Wildman–Crippen LogP) is 7.33. The molecule has 32 heavy (non-hydrogen) atoms. The predicted molar refractivity (Wildman–Crippen MR) is 114 cm³/mol. The Balaban J connectivity index is 1.91. The largest absolute Gasteiger partial charge is 0.416 e. The van der Waals surface area contributed by atoms with Crippen molar-refractivity contribution in [1.82, 2.24) is 4.90 Å². The van der Waals surface area contributed by atoms with E-state index in [1.807, 2.05) is 43.3 Å². The average molecular weight is 455 g/mol. The monoisotopic (exact) mass is 455 g/mol. The van der Waals surface area contributed by atoms with Crippen LogP contribution in [0.5, 0.6) is 0 Å². The summed E-state index contributed by atoms with van der Waals surface area (Å²) >= 11 is 0. The molecule has 1 nitrogen and oxygen atoms in total. The third-order valence-electron chi connectivity index (χ3n) is 5.92. The fraction of sp³-hybridized carbons (Fsp3) is 0.440. The smallest absolute Gasteiger partial charge is 0.309 e. The van der Waals surface area contributed by atoms with Crippen LogP contribution in [0.25, 0.3) is 5.57 Å². The minimum atomic E-state index is -4.85. The van der Waals surface area contributed by atoms with Gasteiger partial charge in [0, 0.05) is 6.54 Å². The molecule has 3 rings (SSSR count). The summed E-state index contributed by atoms with van der Waals surface area (Å²) in [4.78, 5) is 1.93. The lowest BCUT2D eigenvalue weighted by molar-refractivity contribution is -0.143. The number of hydrogen-bond donors (Lipinski definition) is 0. The second-order valence-electron chi connectivity index (χ2n) is 8.77. The van der Waals surface area contributed by atoms with Crippen LogP contribution in [0.2, 0.25) is 0 Å². The van der Waals surface area contributed by atoms with Crippen LogP contribution >= 0.6 is 0 Å². The lowest BCUT2D eigenvalue weighted by Crippen LogP contribution is -2.27. The van der Waals surface area contributed by atoms with Crippen LogP contribution in [0.1, 0.15) is 41.5 Å². The number of halogens is 6. The molecule has 2 aromatic carbocycles. The third-order valence-corrected chi connectivity index (χ3v) is 5.92. The highest BCUT2D eigenvalue weighted by Crippen LogP contribution is 2.42. The summed E-state index contributed by atoms with van der Waals surface area (Å²) in [7, 11) is 3.72. The SMILES string of the molecule is CN(C)CC1CC(CCc2ccccc2)CC=C1c1cc(C(F)(F)F)cc(C(F)(F)F)c1. The van der Waals surface area contributed by atoms with Crippen molar-refractivity contribution in [2.45, 2.75) is 38.0 Å². The van der Waals surface area contributed by atoms with Gasteiger partial charge in [-0.3, -0.25) is 0 Å². The number of nitrogens with zero attached hydrogens (tertiary/aromatic N) is 1. The van der Waals surface area contributed by atoms with E-state index in [2.05, 4.69) is 12.1 Å². The van der Waals surface area contributed by atoms with Gasteiger partial charge in [-0.05, 0) is 86.5 Å². The summed E-state index contributed by atoms with van der Waals surface area (Å²) in [5.41, 5.74) is -0.720. The molecule has 0 radical (unpaired) electrons. The zero-order valence-electron chi connectivity index (χ0n) is 18.1. The number of benzene rings is 2. The Hall–Kier alpha value is -2.28. The Labute approximate surface area is 184 Å². The number of allylic oxidation sites excluding steroid dienone is 1. The number of hydrogen-bond acceptors (Lipinski definition) is 1. The van der Waals surface area contributed by atoms with E-state index in [4.69, 9.17) is 0 Å². The van der Waals surface area contributed by atoms with Crippen molar-refractivity contribution < 1.29 is 26.3 Å². The highest BCUT2D eigenvalue weighted by molar-refractivity contribution is 5.70. The van der Waals surface area contributed by atoms with Crippen LogP contribution in [0.4, 0.5) is 26.3 Å². The zero-order chi connectivity index (χ0) is 23.5. The van der Waals surface area contributed by atoms with Crippen molar-refractivity contribution >= 4 is 5.57 Å². The van der Waals surface area contributed by atoms with Crippen LogP contribution in [0.15, 0.2) is 54.6 Å². The fourth-order valence-corrected chi connectivity index (χ4v) is 4.43. The summed E-state index contributed by atoms with van der Waals surface area (Å²) in [5.74, 6) is 0.195. The molecule has 1 aliphatic rings. The van der Waals surface area contributed by atoms with E-state index in [9.17, 15) is 26.3 Å². The van der Waals surface area contributed by atoms with Gasteiger partial charge in [0.1, 0.15) is 0 Å². The molecular formula is C25H27F6N. The van der Waals surface area contributed by atoms with Gasteiger partial charge in [0.2, 0.25) is 0 Å². The van der Waals surface area contributed by atoms with Crippen LogP contribution in [-0.4, -0.2) is 25.5 Å². The van der Waals surface area contributed by atoms with Crippen molar-refractivity contribution in [1.29, 1.82) is 0 Å². The average Bonchev–Trinajstić information content (AvgIpc) is 2.71. The van der Waals surface area contributed by atoms with Gasteiger partial charge in [-0.15, -0.1) is 0 Å².